The fourth-order valence-electron chi connectivity index (χ4n) is 3.55. The Morgan fingerprint density at radius 1 is 1.03 bits per heavy atom. The van der Waals surface area contributed by atoms with Gasteiger partial charge in [0, 0.05) is 11.3 Å². The molecule has 0 fully saturated rings. The lowest BCUT2D eigenvalue weighted by molar-refractivity contribution is -0.137. The van der Waals surface area contributed by atoms with Gasteiger partial charge < -0.3 is 10.4 Å². The van der Waals surface area contributed by atoms with Crippen LogP contribution in [0.25, 0.3) is 5.69 Å². The number of aryl methyl sites for hydroxylation is 2. The molecule has 0 saturated carbocycles. The van der Waals surface area contributed by atoms with Crippen LogP contribution in [0.5, 0.6) is 0 Å². The Balaban J connectivity index is 1.81. The summed E-state index contributed by atoms with van der Waals surface area (Å²) in [6, 6.07) is 16.7. The summed E-state index contributed by atoms with van der Waals surface area (Å²) in [5, 5.41) is 16.8. The first-order valence-corrected chi connectivity index (χ1v) is 9.54. The van der Waals surface area contributed by atoms with E-state index in [-0.39, 0.29) is 18.7 Å². The Morgan fingerprint density at radius 3 is 2.34 bits per heavy atom. The molecule has 0 aliphatic carbocycles. The second kappa shape index (κ2) is 8.73. The highest BCUT2D eigenvalue weighted by Crippen LogP contribution is 2.22. The van der Waals surface area contributed by atoms with Crippen molar-refractivity contribution in [2.45, 2.75) is 39.7 Å². The molecule has 2 N–H and O–H groups in total. The summed E-state index contributed by atoms with van der Waals surface area (Å²) >= 11 is 0. The SMILES string of the molecule is Cc1ccccc1C(CC(=O)O)NC(=O)Cc1c(C)nn(-c2ccccc2)c1C. The summed E-state index contributed by atoms with van der Waals surface area (Å²) in [6.07, 6.45) is -0.0235. The van der Waals surface area contributed by atoms with E-state index in [9.17, 15) is 14.7 Å². The number of rotatable bonds is 7. The molecule has 3 aromatic rings. The normalized spacial score (nSPS) is 11.8. The van der Waals surface area contributed by atoms with Gasteiger partial charge in [0.15, 0.2) is 0 Å². The average molecular weight is 391 g/mol. The van der Waals surface area contributed by atoms with Crippen LogP contribution in [0.2, 0.25) is 0 Å². The summed E-state index contributed by atoms with van der Waals surface area (Å²) in [6.45, 7) is 5.73. The maximum absolute atomic E-state index is 12.8. The second-order valence-electron chi connectivity index (χ2n) is 7.15. The number of carboxylic acids is 1. The van der Waals surface area contributed by atoms with E-state index in [0.717, 1.165) is 33.8 Å². The van der Waals surface area contributed by atoms with Crippen LogP contribution in [-0.2, 0) is 16.0 Å². The third-order valence-electron chi connectivity index (χ3n) is 5.06. The number of aromatic nitrogens is 2. The molecule has 0 bridgehead atoms. The summed E-state index contributed by atoms with van der Waals surface area (Å²) in [5.74, 6) is -1.18. The van der Waals surface area contributed by atoms with Crippen LogP contribution in [0.4, 0.5) is 0 Å². The van der Waals surface area contributed by atoms with Crippen molar-refractivity contribution in [1.82, 2.24) is 15.1 Å². The molecule has 6 nitrogen and oxygen atoms in total. The third-order valence-corrected chi connectivity index (χ3v) is 5.06. The maximum atomic E-state index is 12.8. The molecular weight excluding hydrogens is 366 g/mol. The van der Waals surface area contributed by atoms with Crippen molar-refractivity contribution in [3.05, 3.63) is 82.7 Å². The highest BCUT2D eigenvalue weighted by atomic mass is 16.4. The summed E-state index contributed by atoms with van der Waals surface area (Å²) in [5.41, 5.74) is 5.23. The molecule has 1 heterocycles. The quantitative estimate of drug-likeness (QED) is 0.644. The van der Waals surface area contributed by atoms with E-state index in [1.807, 2.05) is 80.1 Å². The van der Waals surface area contributed by atoms with Crippen LogP contribution < -0.4 is 5.32 Å². The van der Waals surface area contributed by atoms with Gasteiger partial charge in [-0.2, -0.15) is 5.10 Å². The number of carboxylic acid groups (broad SMARTS) is 1. The lowest BCUT2D eigenvalue weighted by Crippen LogP contribution is -2.32. The molecule has 1 atom stereocenters. The van der Waals surface area contributed by atoms with Crippen molar-refractivity contribution in [2.24, 2.45) is 0 Å². The lowest BCUT2D eigenvalue weighted by atomic mass is 9.98. The van der Waals surface area contributed by atoms with Gasteiger partial charge in [-0.15, -0.1) is 0 Å². The number of hydrogen-bond donors (Lipinski definition) is 2. The minimum Gasteiger partial charge on any atom is -0.481 e. The van der Waals surface area contributed by atoms with Crippen molar-refractivity contribution >= 4 is 11.9 Å². The molecule has 0 saturated heterocycles. The zero-order chi connectivity index (χ0) is 21.0. The average Bonchev–Trinajstić information content (AvgIpc) is 2.96. The molecule has 0 aliphatic rings. The predicted octanol–water partition coefficient (Wildman–Crippen LogP) is 3.67. The van der Waals surface area contributed by atoms with E-state index < -0.39 is 12.0 Å². The second-order valence-corrected chi connectivity index (χ2v) is 7.15. The van der Waals surface area contributed by atoms with E-state index >= 15 is 0 Å². The van der Waals surface area contributed by atoms with E-state index in [2.05, 4.69) is 10.4 Å². The molecule has 1 aromatic heterocycles. The molecule has 2 aromatic carbocycles. The lowest BCUT2D eigenvalue weighted by Gasteiger charge is -2.19. The van der Waals surface area contributed by atoms with Crippen molar-refractivity contribution in [2.75, 3.05) is 0 Å². The Hall–Kier alpha value is -3.41. The fraction of sp³-hybridized carbons (Fsp3) is 0.261. The predicted molar refractivity (Wildman–Crippen MR) is 111 cm³/mol. The number of para-hydroxylation sites is 1. The highest BCUT2D eigenvalue weighted by Gasteiger charge is 2.22. The standard InChI is InChI=1S/C23H25N3O3/c1-15-9-7-8-12-19(15)21(14-23(28)29)24-22(27)13-20-16(2)25-26(17(20)3)18-10-5-4-6-11-18/h4-12,21H,13-14H2,1-3H3,(H,24,27)(H,28,29). The minimum atomic E-state index is -0.956. The largest absolute Gasteiger partial charge is 0.481 e. The Bertz CT molecular complexity index is 1030. The van der Waals surface area contributed by atoms with Gasteiger partial charge in [-0.1, -0.05) is 42.5 Å². The van der Waals surface area contributed by atoms with Crippen LogP contribution in [-0.4, -0.2) is 26.8 Å². The molecule has 0 spiro atoms. The molecule has 29 heavy (non-hydrogen) atoms. The van der Waals surface area contributed by atoms with Gasteiger partial charge in [0.2, 0.25) is 5.91 Å². The van der Waals surface area contributed by atoms with E-state index in [4.69, 9.17) is 0 Å². The summed E-state index contributed by atoms with van der Waals surface area (Å²) in [4.78, 5) is 24.1. The first-order valence-electron chi connectivity index (χ1n) is 9.54. The molecule has 150 valence electrons. The number of nitrogens with zero attached hydrogens (tertiary/aromatic N) is 2. The van der Waals surface area contributed by atoms with Gasteiger partial charge in [0.05, 0.1) is 30.3 Å². The van der Waals surface area contributed by atoms with Crippen molar-refractivity contribution in [3.63, 3.8) is 0 Å². The zero-order valence-corrected chi connectivity index (χ0v) is 16.8. The maximum Gasteiger partial charge on any atom is 0.305 e. The molecule has 3 rings (SSSR count). The van der Waals surface area contributed by atoms with Gasteiger partial charge in [-0.25, -0.2) is 4.68 Å². The zero-order valence-electron chi connectivity index (χ0n) is 16.8. The van der Waals surface area contributed by atoms with Crippen molar-refractivity contribution in [3.8, 4) is 5.69 Å². The van der Waals surface area contributed by atoms with E-state index in [1.165, 1.54) is 0 Å². The van der Waals surface area contributed by atoms with Gasteiger partial charge in [-0.05, 0) is 44.0 Å². The van der Waals surface area contributed by atoms with Gasteiger partial charge in [-0.3, -0.25) is 9.59 Å². The highest BCUT2D eigenvalue weighted by molar-refractivity contribution is 5.80. The van der Waals surface area contributed by atoms with Gasteiger partial charge in [0.1, 0.15) is 0 Å². The Morgan fingerprint density at radius 2 is 1.69 bits per heavy atom. The van der Waals surface area contributed by atoms with Crippen LogP contribution in [0.15, 0.2) is 54.6 Å². The van der Waals surface area contributed by atoms with E-state index in [1.54, 1.807) is 0 Å². The summed E-state index contributed by atoms with van der Waals surface area (Å²) in [7, 11) is 0. The van der Waals surface area contributed by atoms with Crippen LogP contribution in [0, 0.1) is 20.8 Å². The molecular formula is C23H25N3O3. The number of hydrogen-bond acceptors (Lipinski definition) is 3. The van der Waals surface area contributed by atoms with Crippen molar-refractivity contribution < 1.29 is 14.7 Å². The molecule has 0 aliphatic heterocycles. The number of carbonyl (C=O) groups is 2. The number of aliphatic carboxylic acids is 1. The molecule has 0 radical (unpaired) electrons. The number of carbonyl (C=O) groups excluding carboxylic acids is 1. The Labute approximate surface area is 170 Å². The molecule has 1 amide bonds. The Kier molecular flexibility index (Phi) is 6.12. The number of benzene rings is 2. The number of amides is 1. The van der Waals surface area contributed by atoms with Crippen LogP contribution in [0.3, 0.4) is 0 Å². The number of nitrogens with one attached hydrogen (secondary N) is 1. The monoisotopic (exact) mass is 391 g/mol. The van der Waals surface area contributed by atoms with Crippen molar-refractivity contribution in [1.29, 1.82) is 0 Å². The summed E-state index contributed by atoms with van der Waals surface area (Å²) < 4.78 is 1.83. The van der Waals surface area contributed by atoms with Gasteiger partial charge >= 0.3 is 5.97 Å². The van der Waals surface area contributed by atoms with Crippen LogP contribution in [0.1, 0.15) is 40.5 Å². The minimum absolute atomic E-state index is 0.145. The first kappa shape index (κ1) is 20.3. The van der Waals surface area contributed by atoms with Gasteiger partial charge in [0.25, 0.3) is 0 Å². The smallest absolute Gasteiger partial charge is 0.305 e. The van der Waals surface area contributed by atoms with Crippen LogP contribution >= 0.6 is 0 Å². The van der Waals surface area contributed by atoms with E-state index in [0.29, 0.717) is 0 Å². The topological polar surface area (TPSA) is 84.2 Å². The molecule has 6 heteroatoms. The molecule has 1 unspecified atom stereocenters. The third kappa shape index (κ3) is 4.71. The fourth-order valence-corrected chi connectivity index (χ4v) is 3.55. The first-order chi connectivity index (χ1) is 13.9.